The van der Waals surface area contributed by atoms with E-state index in [9.17, 15) is 8.42 Å². The number of nitrogens with zero attached hydrogens (tertiary/aromatic N) is 1. The van der Waals surface area contributed by atoms with Gasteiger partial charge in [0.1, 0.15) is 0 Å². The second kappa shape index (κ2) is 7.79. The fraction of sp³-hybridized carbons (Fsp3) is 0.692. The minimum absolute atomic E-state index is 0.0436. The van der Waals surface area contributed by atoms with Crippen molar-refractivity contribution in [3.63, 3.8) is 0 Å². The summed E-state index contributed by atoms with van der Waals surface area (Å²) in [5.74, 6) is 0.818. The second-order valence-corrected chi connectivity index (χ2v) is 8.92. The van der Waals surface area contributed by atoms with E-state index in [1.54, 1.807) is 36.2 Å². The lowest BCUT2D eigenvalue weighted by atomic mass is 10.3. The molecule has 1 aromatic rings. The number of aryl methyl sites for hydroxylation is 1. The van der Waals surface area contributed by atoms with Gasteiger partial charge in [-0.15, -0.1) is 11.3 Å². The molecule has 1 N–H and O–H groups in total. The fourth-order valence-corrected chi connectivity index (χ4v) is 6.05. The molecule has 0 aliphatic rings. The highest BCUT2D eigenvalue weighted by atomic mass is 32.2. The first-order chi connectivity index (χ1) is 9.38. The van der Waals surface area contributed by atoms with Crippen molar-refractivity contribution in [2.24, 2.45) is 0 Å². The maximum Gasteiger partial charge on any atom is 0.244 e. The molecule has 0 saturated carbocycles. The molecular formula is C13H24N2O2S3. The quantitative estimate of drug-likeness (QED) is 0.792. The number of nitrogens with one attached hydrogen (secondary N) is 1. The van der Waals surface area contributed by atoms with Crippen molar-refractivity contribution >= 4 is 33.1 Å². The van der Waals surface area contributed by atoms with Crippen LogP contribution in [0, 0.1) is 6.92 Å². The van der Waals surface area contributed by atoms with E-state index in [1.807, 2.05) is 27.2 Å². The molecule has 0 radical (unpaired) electrons. The first-order valence-electron chi connectivity index (χ1n) is 6.59. The van der Waals surface area contributed by atoms with Gasteiger partial charge in [0.25, 0.3) is 0 Å². The molecule has 1 rings (SSSR count). The smallest absolute Gasteiger partial charge is 0.244 e. The maximum atomic E-state index is 12.7. The van der Waals surface area contributed by atoms with Gasteiger partial charge in [-0.2, -0.15) is 16.1 Å². The minimum atomic E-state index is -3.40. The summed E-state index contributed by atoms with van der Waals surface area (Å²) in [7, 11) is 0.153. The molecular weight excluding hydrogens is 312 g/mol. The lowest BCUT2D eigenvalue weighted by molar-refractivity contribution is 0.385. The number of hydrogen-bond donors (Lipinski definition) is 1. The van der Waals surface area contributed by atoms with Gasteiger partial charge in [-0.3, -0.25) is 0 Å². The zero-order chi connectivity index (χ0) is 15.3. The third-order valence-corrected chi connectivity index (χ3v) is 7.21. The molecule has 4 nitrogen and oxygen atoms in total. The van der Waals surface area contributed by atoms with E-state index >= 15 is 0 Å². The summed E-state index contributed by atoms with van der Waals surface area (Å²) >= 11 is 3.22. The summed E-state index contributed by atoms with van der Waals surface area (Å²) < 4.78 is 27.0. The van der Waals surface area contributed by atoms with Crippen LogP contribution in [0.4, 0.5) is 0 Å². The fourth-order valence-electron chi connectivity index (χ4n) is 2.07. The molecule has 1 aromatic heterocycles. The summed E-state index contributed by atoms with van der Waals surface area (Å²) in [6, 6.07) is 1.84. The second-order valence-electron chi connectivity index (χ2n) is 4.70. The Hall–Kier alpha value is -0.0800. The first-order valence-corrected chi connectivity index (χ1v) is 10.2. The summed E-state index contributed by atoms with van der Waals surface area (Å²) in [6.07, 6.45) is 2.83. The van der Waals surface area contributed by atoms with E-state index in [1.165, 1.54) is 4.31 Å². The molecule has 0 saturated heterocycles. The molecule has 7 heteroatoms. The third-order valence-electron chi connectivity index (χ3n) is 3.28. The highest BCUT2D eigenvalue weighted by Crippen LogP contribution is 2.29. The number of thioether (sulfide) groups is 1. The van der Waals surface area contributed by atoms with Gasteiger partial charge in [0.15, 0.2) is 0 Å². The van der Waals surface area contributed by atoms with Crippen molar-refractivity contribution in [1.29, 1.82) is 0 Å². The minimum Gasteiger partial charge on any atom is -0.315 e. The first kappa shape index (κ1) is 18.0. The van der Waals surface area contributed by atoms with Crippen molar-refractivity contribution in [2.75, 3.05) is 26.1 Å². The van der Waals surface area contributed by atoms with E-state index < -0.39 is 10.0 Å². The largest absolute Gasteiger partial charge is 0.315 e. The van der Waals surface area contributed by atoms with Gasteiger partial charge in [-0.1, -0.05) is 6.92 Å². The normalized spacial score (nSPS) is 13.9. The third kappa shape index (κ3) is 3.98. The monoisotopic (exact) mass is 336 g/mol. The molecule has 0 aliphatic heterocycles. The summed E-state index contributed by atoms with van der Waals surface area (Å²) in [5.41, 5.74) is 0. The SMILES string of the molecule is CCC(CSC)N(C)S(=O)(=O)c1cc(CNC)sc1C. The van der Waals surface area contributed by atoms with Crippen LogP contribution in [-0.4, -0.2) is 44.9 Å². The lowest BCUT2D eigenvalue weighted by Crippen LogP contribution is -2.38. The van der Waals surface area contributed by atoms with E-state index in [2.05, 4.69) is 5.32 Å². The lowest BCUT2D eigenvalue weighted by Gasteiger charge is -2.25. The van der Waals surface area contributed by atoms with Gasteiger partial charge in [0.2, 0.25) is 10.0 Å². The number of hydrogen-bond acceptors (Lipinski definition) is 5. The van der Waals surface area contributed by atoms with Gasteiger partial charge in [-0.05, 0) is 32.7 Å². The van der Waals surface area contributed by atoms with Gasteiger partial charge < -0.3 is 5.32 Å². The van der Waals surface area contributed by atoms with Crippen LogP contribution in [0.25, 0.3) is 0 Å². The molecule has 0 spiro atoms. The molecule has 116 valence electrons. The van der Waals surface area contributed by atoms with Crippen LogP contribution < -0.4 is 5.32 Å². The number of thiophene rings is 1. The number of sulfonamides is 1. The molecule has 1 heterocycles. The molecule has 0 bridgehead atoms. The average Bonchev–Trinajstić information content (AvgIpc) is 2.77. The molecule has 0 amide bonds. The van der Waals surface area contributed by atoms with E-state index in [-0.39, 0.29) is 6.04 Å². The highest BCUT2D eigenvalue weighted by molar-refractivity contribution is 7.98. The predicted octanol–water partition coefficient (Wildman–Crippen LogP) is 2.54. The summed E-state index contributed by atoms with van der Waals surface area (Å²) in [4.78, 5) is 2.37. The standard InChI is InChI=1S/C13H24N2O2S3/c1-6-11(9-18-5)15(4)20(16,17)13-7-12(8-14-3)19-10(13)2/h7,11,14H,6,8-9H2,1-5H3. The Kier molecular flexibility index (Phi) is 7.00. The zero-order valence-electron chi connectivity index (χ0n) is 12.8. The predicted molar refractivity (Wildman–Crippen MR) is 89.2 cm³/mol. The van der Waals surface area contributed by atoms with Gasteiger partial charge in [0.05, 0.1) is 4.90 Å². The van der Waals surface area contributed by atoms with Gasteiger partial charge >= 0.3 is 0 Å². The Labute approximate surface area is 131 Å². The Morgan fingerprint density at radius 2 is 2.15 bits per heavy atom. The van der Waals surface area contributed by atoms with Crippen molar-refractivity contribution in [3.8, 4) is 0 Å². The molecule has 1 unspecified atom stereocenters. The molecule has 1 atom stereocenters. The Morgan fingerprint density at radius 3 is 2.65 bits per heavy atom. The van der Waals surface area contributed by atoms with E-state index in [0.29, 0.717) is 11.4 Å². The van der Waals surface area contributed by atoms with Crippen LogP contribution in [0.15, 0.2) is 11.0 Å². The van der Waals surface area contributed by atoms with Crippen LogP contribution in [0.5, 0.6) is 0 Å². The average molecular weight is 337 g/mol. The molecule has 0 fully saturated rings. The molecule has 0 aromatic carbocycles. The van der Waals surface area contributed by atoms with Crippen molar-refractivity contribution in [1.82, 2.24) is 9.62 Å². The van der Waals surface area contributed by atoms with Crippen molar-refractivity contribution in [2.45, 2.75) is 37.8 Å². The van der Waals surface area contributed by atoms with Crippen molar-refractivity contribution < 1.29 is 8.42 Å². The summed E-state index contributed by atoms with van der Waals surface area (Å²) in [5, 5.41) is 3.06. The highest BCUT2D eigenvalue weighted by Gasteiger charge is 2.29. The van der Waals surface area contributed by atoms with E-state index in [4.69, 9.17) is 0 Å². The summed E-state index contributed by atoms with van der Waals surface area (Å²) in [6.45, 7) is 4.60. The zero-order valence-corrected chi connectivity index (χ0v) is 15.2. The maximum absolute atomic E-state index is 12.7. The Morgan fingerprint density at radius 1 is 1.50 bits per heavy atom. The van der Waals surface area contributed by atoms with Crippen LogP contribution in [-0.2, 0) is 16.6 Å². The number of rotatable bonds is 8. The van der Waals surface area contributed by atoms with Crippen molar-refractivity contribution in [3.05, 3.63) is 15.8 Å². The van der Waals surface area contributed by atoms with Crippen LogP contribution in [0.2, 0.25) is 0 Å². The van der Waals surface area contributed by atoms with Crippen LogP contribution in [0.1, 0.15) is 23.1 Å². The van der Waals surface area contributed by atoms with Gasteiger partial charge in [-0.25, -0.2) is 8.42 Å². The van der Waals surface area contributed by atoms with Gasteiger partial charge in [0, 0.05) is 35.1 Å². The Bertz CT molecular complexity index is 526. The molecule has 20 heavy (non-hydrogen) atoms. The van der Waals surface area contributed by atoms with E-state index in [0.717, 1.165) is 21.9 Å². The topological polar surface area (TPSA) is 49.4 Å². The van der Waals surface area contributed by atoms with Crippen LogP contribution >= 0.6 is 23.1 Å². The molecule has 0 aliphatic carbocycles. The Balaban J connectivity index is 3.09. The van der Waals surface area contributed by atoms with Crippen LogP contribution in [0.3, 0.4) is 0 Å².